The standard InChI is InChI=1S/C15H24N2O2S/c1-12-10-13(11-16)8-9-15(12)20(18,19)17(2)14-6-4-3-5-7-14/h8-10,14H,3-7,11,16H2,1-2H3. The van der Waals surface area contributed by atoms with Crippen molar-refractivity contribution in [2.45, 2.75) is 56.5 Å². The van der Waals surface area contributed by atoms with Gasteiger partial charge in [0.2, 0.25) is 10.0 Å². The van der Waals surface area contributed by atoms with Gasteiger partial charge >= 0.3 is 0 Å². The predicted molar refractivity (Wildman–Crippen MR) is 80.9 cm³/mol. The smallest absolute Gasteiger partial charge is 0.243 e. The van der Waals surface area contributed by atoms with Gasteiger partial charge in [-0.1, -0.05) is 31.4 Å². The Bertz CT molecular complexity index is 563. The SMILES string of the molecule is Cc1cc(CN)ccc1S(=O)(=O)N(C)C1CCCCC1. The van der Waals surface area contributed by atoms with Gasteiger partial charge in [0.1, 0.15) is 0 Å². The van der Waals surface area contributed by atoms with Crippen molar-refractivity contribution in [1.82, 2.24) is 4.31 Å². The van der Waals surface area contributed by atoms with E-state index in [2.05, 4.69) is 0 Å². The van der Waals surface area contributed by atoms with Gasteiger partial charge in [-0.15, -0.1) is 0 Å². The zero-order valence-corrected chi connectivity index (χ0v) is 13.1. The molecule has 2 rings (SSSR count). The van der Waals surface area contributed by atoms with Gasteiger partial charge in [-0.25, -0.2) is 8.42 Å². The molecule has 4 nitrogen and oxygen atoms in total. The molecule has 0 radical (unpaired) electrons. The lowest BCUT2D eigenvalue weighted by molar-refractivity contribution is 0.285. The minimum atomic E-state index is -3.40. The summed E-state index contributed by atoms with van der Waals surface area (Å²) >= 11 is 0. The van der Waals surface area contributed by atoms with Crippen molar-refractivity contribution in [3.05, 3.63) is 29.3 Å². The molecule has 1 fully saturated rings. The van der Waals surface area contributed by atoms with E-state index in [1.54, 1.807) is 23.5 Å². The van der Waals surface area contributed by atoms with E-state index in [1.165, 1.54) is 6.42 Å². The molecule has 1 saturated carbocycles. The van der Waals surface area contributed by atoms with E-state index >= 15 is 0 Å². The maximum Gasteiger partial charge on any atom is 0.243 e. The molecule has 2 N–H and O–H groups in total. The Labute approximate surface area is 122 Å². The molecule has 0 amide bonds. The van der Waals surface area contributed by atoms with E-state index in [9.17, 15) is 8.42 Å². The van der Waals surface area contributed by atoms with E-state index in [4.69, 9.17) is 5.73 Å². The molecule has 0 unspecified atom stereocenters. The highest BCUT2D eigenvalue weighted by atomic mass is 32.2. The molecule has 1 aliphatic rings. The topological polar surface area (TPSA) is 63.4 Å². The Morgan fingerprint density at radius 2 is 1.90 bits per heavy atom. The fourth-order valence-corrected chi connectivity index (χ4v) is 4.54. The monoisotopic (exact) mass is 296 g/mol. The zero-order chi connectivity index (χ0) is 14.8. The van der Waals surface area contributed by atoms with Gasteiger partial charge in [0.05, 0.1) is 4.90 Å². The number of sulfonamides is 1. The first-order chi connectivity index (χ1) is 9.46. The number of benzene rings is 1. The van der Waals surface area contributed by atoms with E-state index in [1.807, 2.05) is 13.0 Å². The average Bonchev–Trinajstić information content (AvgIpc) is 2.46. The number of hydrogen-bond acceptors (Lipinski definition) is 3. The number of hydrogen-bond donors (Lipinski definition) is 1. The minimum absolute atomic E-state index is 0.141. The molecule has 0 bridgehead atoms. The van der Waals surface area contributed by atoms with Crippen LogP contribution in [0, 0.1) is 6.92 Å². The normalized spacial score (nSPS) is 17.6. The fourth-order valence-electron chi connectivity index (χ4n) is 2.92. The van der Waals surface area contributed by atoms with Crippen LogP contribution in [0.5, 0.6) is 0 Å². The fraction of sp³-hybridized carbons (Fsp3) is 0.600. The van der Waals surface area contributed by atoms with Crippen molar-refractivity contribution in [3.63, 3.8) is 0 Å². The van der Waals surface area contributed by atoms with Crippen LogP contribution >= 0.6 is 0 Å². The van der Waals surface area contributed by atoms with Crippen molar-refractivity contribution in [3.8, 4) is 0 Å². The summed E-state index contributed by atoms with van der Waals surface area (Å²) in [6.45, 7) is 2.26. The van der Waals surface area contributed by atoms with Crippen LogP contribution in [0.15, 0.2) is 23.1 Å². The van der Waals surface area contributed by atoms with E-state index in [-0.39, 0.29) is 6.04 Å². The van der Waals surface area contributed by atoms with Crippen LogP contribution in [-0.2, 0) is 16.6 Å². The highest BCUT2D eigenvalue weighted by Crippen LogP contribution is 2.28. The van der Waals surface area contributed by atoms with Gasteiger partial charge in [0, 0.05) is 19.6 Å². The minimum Gasteiger partial charge on any atom is -0.326 e. The molecular weight excluding hydrogens is 272 g/mol. The molecule has 0 spiro atoms. The average molecular weight is 296 g/mol. The predicted octanol–water partition coefficient (Wildman–Crippen LogP) is 2.41. The number of nitrogens with zero attached hydrogens (tertiary/aromatic N) is 1. The van der Waals surface area contributed by atoms with E-state index < -0.39 is 10.0 Å². The van der Waals surface area contributed by atoms with Crippen LogP contribution in [0.2, 0.25) is 0 Å². The van der Waals surface area contributed by atoms with Crippen LogP contribution in [-0.4, -0.2) is 25.8 Å². The lowest BCUT2D eigenvalue weighted by Gasteiger charge is -2.30. The maximum atomic E-state index is 12.7. The summed E-state index contributed by atoms with van der Waals surface area (Å²) in [4.78, 5) is 0.405. The third kappa shape index (κ3) is 3.05. The highest BCUT2D eigenvalue weighted by molar-refractivity contribution is 7.89. The quantitative estimate of drug-likeness (QED) is 0.928. The molecule has 0 heterocycles. The number of aryl methyl sites for hydroxylation is 1. The second-order valence-corrected chi connectivity index (χ2v) is 7.58. The largest absolute Gasteiger partial charge is 0.326 e. The Morgan fingerprint density at radius 1 is 1.25 bits per heavy atom. The number of nitrogens with two attached hydrogens (primary N) is 1. The lowest BCUT2D eigenvalue weighted by Crippen LogP contribution is -2.38. The molecule has 0 saturated heterocycles. The second-order valence-electron chi connectivity index (χ2n) is 5.62. The van der Waals surface area contributed by atoms with Crippen LogP contribution in [0.25, 0.3) is 0 Å². The summed E-state index contributed by atoms with van der Waals surface area (Å²) < 4.78 is 27.1. The van der Waals surface area contributed by atoms with Crippen LogP contribution in [0.1, 0.15) is 43.2 Å². The Kier molecular flexibility index (Phi) is 4.83. The Balaban J connectivity index is 2.29. The molecular formula is C15H24N2O2S. The molecule has 0 atom stereocenters. The van der Waals surface area contributed by atoms with Crippen LogP contribution in [0.4, 0.5) is 0 Å². The van der Waals surface area contributed by atoms with Gasteiger partial charge < -0.3 is 5.73 Å². The summed E-state index contributed by atoms with van der Waals surface area (Å²) in [5, 5.41) is 0. The number of rotatable bonds is 4. The van der Waals surface area contributed by atoms with E-state index in [0.29, 0.717) is 11.4 Å². The van der Waals surface area contributed by atoms with E-state index in [0.717, 1.165) is 36.8 Å². The van der Waals surface area contributed by atoms with Gasteiger partial charge in [0.15, 0.2) is 0 Å². The summed E-state index contributed by atoms with van der Waals surface area (Å²) in [6.07, 6.45) is 5.39. The van der Waals surface area contributed by atoms with Gasteiger partial charge in [-0.2, -0.15) is 4.31 Å². The van der Waals surface area contributed by atoms with Gasteiger partial charge in [-0.05, 0) is 37.0 Å². The molecule has 0 aliphatic heterocycles. The van der Waals surface area contributed by atoms with Gasteiger partial charge in [-0.3, -0.25) is 0 Å². The maximum absolute atomic E-state index is 12.7. The zero-order valence-electron chi connectivity index (χ0n) is 12.3. The van der Waals surface area contributed by atoms with Crippen molar-refractivity contribution < 1.29 is 8.42 Å². The van der Waals surface area contributed by atoms with Crippen molar-refractivity contribution in [1.29, 1.82) is 0 Å². The molecule has 1 aliphatic carbocycles. The van der Waals surface area contributed by atoms with Crippen LogP contribution in [0.3, 0.4) is 0 Å². The Hall–Kier alpha value is -0.910. The van der Waals surface area contributed by atoms with Crippen molar-refractivity contribution in [2.24, 2.45) is 5.73 Å². The first kappa shape index (κ1) is 15.5. The molecule has 20 heavy (non-hydrogen) atoms. The van der Waals surface area contributed by atoms with Gasteiger partial charge in [0.25, 0.3) is 0 Å². The molecule has 112 valence electrons. The third-order valence-electron chi connectivity index (χ3n) is 4.22. The summed E-state index contributed by atoms with van der Waals surface area (Å²) in [7, 11) is -1.69. The summed E-state index contributed by atoms with van der Waals surface area (Å²) in [5.74, 6) is 0. The van der Waals surface area contributed by atoms with Crippen molar-refractivity contribution >= 4 is 10.0 Å². The molecule has 5 heteroatoms. The summed E-state index contributed by atoms with van der Waals surface area (Å²) in [5.41, 5.74) is 7.33. The summed E-state index contributed by atoms with van der Waals surface area (Å²) in [6, 6.07) is 5.49. The molecule has 1 aromatic carbocycles. The third-order valence-corrected chi connectivity index (χ3v) is 6.29. The lowest BCUT2D eigenvalue weighted by atomic mass is 9.96. The highest BCUT2D eigenvalue weighted by Gasteiger charge is 2.29. The van der Waals surface area contributed by atoms with Crippen molar-refractivity contribution in [2.75, 3.05) is 7.05 Å². The second kappa shape index (κ2) is 6.24. The molecule has 0 aromatic heterocycles. The first-order valence-electron chi connectivity index (χ1n) is 7.24. The van der Waals surface area contributed by atoms with Crippen LogP contribution < -0.4 is 5.73 Å². The molecule has 1 aromatic rings. The Morgan fingerprint density at radius 3 is 2.45 bits per heavy atom. The first-order valence-corrected chi connectivity index (χ1v) is 8.68.